The molecule has 1 atom stereocenters. The van der Waals surface area contributed by atoms with Gasteiger partial charge in [-0.25, -0.2) is 0 Å². The number of rotatable bonds is 7. The van der Waals surface area contributed by atoms with Gasteiger partial charge in [0.05, 0.1) is 0 Å². The molecule has 2 aromatic carbocycles. The second kappa shape index (κ2) is 10.4. The van der Waals surface area contributed by atoms with Crippen molar-refractivity contribution in [2.24, 2.45) is 0 Å². The molecule has 2 amide bonds. The van der Waals surface area contributed by atoms with Crippen molar-refractivity contribution in [2.75, 3.05) is 6.61 Å². The molecule has 0 unspecified atom stereocenters. The van der Waals surface area contributed by atoms with E-state index < -0.39 is 11.6 Å². The summed E-state index contributed by atoms with van der Waals surface area (Å²) in [6.07, 6.45) is 0. The van der Waals surface area contributed by atoms with Crippen molar-refractivity contribution in [2.45, 2.75) is 59.7 Å². The number of hydrogen-bond acceptors (Lipinski definition) is 3. The lowest BCUT2D eigenvalue weighted by Gasteiger charge is -2.31. The van der Waals surface area contributed by atoms with Gasteiger partial charge in [-0.2, -0.15) is 0 Å². The quantitative estimate of drug-likeness (QED) is 0.602. The van der Waals surface area contributed by atoms with Crippen LogP contribution in [0.4, 0.5) is 0 Å². The highest BCUT2D eigenvalue weighted by molar-refractivity contribution is 6.35. The Balaban J connectivity index is 2.24. The first kappa shape index (κ1) is 25.0. The molecule has 2 rings (SSSR count). The number of hydrogen-bond donors (Lipinski definition) is 1. The van der Waals surface area contributed by atoms with Crippen LogP contribution in [0.25, 0.3) is 0 Å². The Hall–Kier alpha value is -2.24. The molecule has 5 nitrogen and oxygen atoms in total. The molecule has 0 heterocycles. The molecule has 0 aliphatic rings. The molecular weight excluding hydrogens is 435 g/mol. The van der Waals surface area contributed by atoms with Gasteiger partial charge in [0.15, 0.2) is 6.61 Å². The topological polar surface area (TPSA) is 58.6 Å². The van der Waals surface area contributed by atoms with Crippen LogP contribution < -0.4 is 10.1 Å². The zero-order chi connectivity index (χ0) is 23.3. The number of ether oxygens (including phenoxy) is 1. The van der Waals surface area contributed by atoms with E-state index in [9.17, 15) is 9.59 Å². The zero-order valence-electron chi connectivity index (χ0n) is 18.9. The largest absolute Gasteiger partial charge is 0.483 e. The fourth-order valence-corrected chi connectivity index (χ4v) is 3.54. The number of nitrogens with zero attached hydrogens (tertiary/aromatic N) is 1. The summed E-state index contributed by atoms with van der Waals surface area (Å²) >= 11 is 12.3. The summed E-state index contributed by atoms with van der Waals surface area (Å²) < 4.78 is 5.78. The van der Waals surface area contributed by atoms with E-state index in [1.54, 1.807) is 25.1 Å². The molecule has 168 valence electrons. The van der Waals surface area contributed by atoms with Crippen LogP contribution in [0.1, 0.15) is 44.4 Å². The summed E-state index contributed by atoms with van der Waals surface area (Å²) in [7, 11) is 0. The molecule has 0 fully saturated rings. The molecule has 0 spiro atoms. The molecule has 0 aliphatic heterocycles. The van der Waals surface area contributed by atoms with Gasteiger partial charge >= 0.3 is 0 Å². The van der Waals surface area contributed by atoms with Gasteiger partial charge < -0.3 is 15.0 Å². The second-order valence-electron chi connectivity index (χ2n) is 8.73. The third-order valence-electron chi connectivity index (χ3n) is 4.70. The number of halogens is 2. The smallest absolute Gasteiger partial charge is 0.261 e. The Morgan fingerprint density at radius 1 is 1.10 bits per heavy atom. The van der Waals surface area contributed by atoms with Crippen molar-refractivity contribution in [1.82, 2.24) is 10.2 Å². The van der Waals surface area contributed by atoms with Crippen molar-refractivity contribution in [3.8, 4) is 5.75 Å². The van der Waals surface area contributed by atoms with Crippen LogP contribution in [0.15, 0.2) is 36.4 Å². The summed E-state index contributed by atoms with van der Waals surface area (Å²) in [6.45, 7) is 11.3. The van der Waals surface area contributed by atoms with Crippen LogP contribution in [-0.2, 0) is 16.1 Å². The number of carbonyl (C=O) groups is 2. The summed E-state index contributed by atoms with van der Waals surface area (Å²) in [4.78, 5) is 27.4. The van der Waals surface area contributed by atoms with Crippen LogP contribution in [0.3, 0.4) is 0 Å². The maximum atomic E-state index is 13.1. The standard InChI is InChI=1S/C24H30Cl2N2O3/c1-15-7-10-21(16(2)11-15)31-14-22(29)28(17(3)23(30)27-24(4,5)6)13-18-8-9-19(25)12-20(18)26/h7-12,17H,13-14H2,1-6H3,(H,27,30)/t17-/m1/s1. The Morgan fingerprint density at radius 3 is 2.35 bits per heavy atom. The predicted octanol–water partition coefficient (Wildman–Crippen LogP) is 5.32. The van der Waals surface area contributed by atoms with E-state index in [4.69, 9.17) is 27.9 Å². The van der Waals surface area contributed by atoms with Crippen LogP contribution in [0, 0.1) is 13.8 Å². The highest BCUT2D eigenvalue weighted by Crippen LogP contribution is 2.24. The predicted molar refractivity (Wildman–Crippen MR) is 126 cm³/mol. The van der Waals surface area contributed by atoms with Crippen molar-refractivity contribution in [3.63, 3.8) is 0 Å². The molecule has 0 saturated heterocycles. The fraction of sp³-hybridized carbons (Fsp3) is 0.417. The Bertz CT molecular complexity index is 954. The van der Waals surface area contributed by atoms with Crippen molar-refractivity contribution < 1.29 is 14.3 Å². The van der Waals surface area contributed by atoms with E-state index in [-0.39, 0.29) is 25.0 Å². The molecule has 0 aromatic heterocycles. The normalized spacial score (nSPS) is 12.3. The summed E-state index contributed by atoms with van der Waals surface area (Å²) in [5.74, 6) is 0.0650. The number of benzene rings is 2. The summed E-state index contributed by atoms with van der Waals surface area (Å²) in [5, 5.41) is 3.86. The first-order chi connectivity index (χ1) is 14.4. The maximum Gasteiger partial charge on any atom is 0.261 e. The van der Waals surface area contributed by atoms with E-state index in [1.807, 2.05) is 52.8 Å². The minimum Gasteiger partial charge on any atom is -0.483 e. The van der Waals surface area contributed by atoms with E-state index in [0.29, 0.717) is 21.4 Å². The Labute approximate surface area is 194 Å². The van der Waals surface area contributed by atoms with Crippen molar-refractivity contribution in [3.05, 3.63) is 63.1 Å². The fourth-order valence-electron chi connectivity index (χ4n) is 3.07. The van der Waals surface area contributed by atoms with Gasteiger partial charge in [-0.3, -0.25) is 9.59 Å². The molecule has 1 N–H and O–H groups in total. The number of nitrogens with one attached hydrogen (secondary N) is 1. The molecule has 0 aliphatic carbocycles. The zero-order valence-corrected chi connectivity index (χ0v) is 20.4. The highest BCUT2D eigenvalue weighted by atomic mass is 35.5. The van der Waals surface area contributed by atoms with Gasteiger partial charge in [-0.1, -0.05) is 47.0 Å². The lowest BCUT2D eigenvalue weighted by Crippen LogP contribution is -2.53. The molecule has 0 bridgehead atoms. The molecule has 0 saturated carbocycles. The third kappa shape index (κ3) is 7.44. The van der Waals surface area contributed by atoms with E-state index in [2.05, 4.69) is 5.32 Å². The van der Waals surface area contributed by atoms with Crippen molar-refractivity contribution in [1.29, 1.82) is 0 Å². The minimum absolute atomic E-state index is 0.157. The van der Waals surface area contributed by atoms with E-state index in [0.717, 1.165) is 11.1 Å². The average Bonchev–Trinajstić information content (AvgIpc) is 2.64. The van der Waals surface area contributed by atoms with E-state index >= 15 is 0 Å². The van der Waals surface area contributed by atoms with Gasteiger partial charge in [0, 0.05) is 22.1 Å². The van der Waals surface area contributed by atoms with Gasteiger partial charge in [-0.05, 0) is 70.9 Å². The van der Waals surface area contributed by atoms with Crippen molar-refractivity contribution >= 4 is 35.0 Å². The Kier molecular flexibility index (Phi) is 8.38. The van der Waals surface area contributed by atoms with Crippen LogP contribution in [0.2, 0.25) is 10.0 Å². The van der Waals surface area contributed by atoms with Gasteiger partial charge in [-0.15, -0.1) is 0 Å². The van der Waals surface area contributed by atoms with E-state index in [1.165, 1.54) is 4.90 Å². The summed E-state index contributed by atoms with van der Waals surface area (Å²) in [5.41, 5.74) is 2.33. The average molecular weight is 465 g/mol. The molecule has 7 heteroatoms. The number of amides is 2. The van der Waals surface area contributed by atoms with Crippen LogP contribution >= 0.6 is 23.2 Å². The molecule has 31 heavy (non-hydrogen) atoms. The van der Waals surface area contributed by atoms with Gasteiger partial charge in [0.2, 0.25) is 5.91 Å². The molecule has 2 aromatic rings. The lowest BCUT2D eigenvalue weighted by molar-refractivity contribution is -0.142. The first-order valence-corrected chi connectivity index (χ1v) is 10.9. The van der Waals surface area contributed by atoms with Gasteiger partial charge in [0.1, 0.15) is 11.8 Å². The SMILES string of the molecule is Cc1ccc(OCC(=O)N(Cc2ccc(Cl)cc2Cl)[C@H](C)C(=O)NC(C)(C)C)c(C)c1. The first-order valence-electron chi connectivity index (χ1n) is 10.1. The lowest BCUT2D eigenvalue weighted by atomic mass is 10.1. The van der Waals surface area contributed by atoms with Crippen LogP contribution in [-0.4, -0.2) is 34.9 Å². The highest BCUT2D eigenvalue weighted by Gasteiger charge is 2.29. The molecular formula is C24H30Cl2N2O3. The molecule has 0 radical (unpaired) electrons. The minimum atomic E-state index is -0.721. The third-order valence-corrected chi connectivity index (χ3v) is 5.29. The number of carbonyl (C=O) groups excluding carboxylic acids is 2. The van der Waals surface area contributed by atoms with Crippen LogP contribution in [0.5, 0.6) is 5.75 Å². The monoisotopic (exact) mass is 464 g/mol. The summed E-state index contributed by atoms with van der Waals surface area (Å²) in [6, 6.07) is 10.1. The maximum absolute atomic E-state index is 13.1. The second-order valence-corrected chi connectivity index (χ2v) is 9.57. The number of aryl methyl sites for hydroxylation is 2. The Morgan fingerprint density at radius 2 is 1.77 bits per heavy atom. The van der Waals surface area contributed by atoms with Gasteiger partial charge in [0.25, 0.3) is 5.91 Å².